The highest BCUT2D eigenvalue weighted by Crippen LogP contribution is 2.30. The SMILES string of the molecule is CNC1(CNC(=O)c2cc(-c3cccnc3)nn2C)CCC1. The molecule has 0 spiro atoms. The number of nitrogens with one attached hydrogen (secondary N) is 2. The Balaban J connectivity index is 1.72. The maximum Gasteiger partial charge on any atom is 0.269 e. The summed E-state index contributed by atoms with van der Waals surface area (Å²) >= 11 is 0. The molecule has 0 radical (unpaired) electrons. The number of carbonyl (C=O) groups excluding carboxylic acids is 1. The van der Waals surface area contributed by atoms with Crippen molar-refractivity contribution in [1.82, 2.24) is 25.4 Å². The van der Waals surface area contributed by atoms with Crippen LogP contribution in [0, 0.1) is 0 Å². The summed E-state index contributed by atoms with van der Waals surface area (Å²) in [6.07, 6.45) is 6.89. The first-order chi connectivity index (χ1) is 10.6. The van der Waals surface area contributed by atoms with Crippen LogP contribution in [0.1, 0.15) is 29.8 Å². The number of amides is 1. The molecule has 2 N–H and O–H groups in total. The van der Waals surface area contributed by atoms with Gasteiger partial charge in [0.2, 0.25) is 0 Å². The number of hydrogen-bond donors (Lipinski definition) is 2. The molecule has 0 atom stereocenters. The first-order valence-corrected chi connectivity index (χ1v) is 7.55. The van der Waals surface area contributed by atoms with Gasteiger partial charge in [0.1, 0.15) is 5.69 Å². The van der Waals surface area contributed by atoms with Crippen LogP contribution in [0.2, 0.25) is 0 Å². The number of rotatable bonds is 5. The van der Waals surface area contributed by atoms with Crippen LogP contribution in [-0.2, 0) is 7.05 Å². The van der Waals surface area contributed by atoms with Crippen LogP contribution in [0.15, 0.2) is 30.6 Å². The van der Waals surface area contributed by atoms with Gasteiger partial charge in [-0.15, -0.1) is 0 Å². The van der Waals surface area contributed by atoms with Gasteiger partial charge in [0.25, 0.3) is 5.91 Å². The summed E-state index contributed by atoms with van der Waals surface area (Å²) in [6, 6.07) is 5.59. The third-order valence-electron chi connectivity index (χ3n) is 4.50. The molecule has 1 aliphatic carbocycles. The summed E-state index contributed by atoms with van der Waals surface area (Å²) in [4.78, 5) is 16.5. The van der Waals surface area contributed by atoms with E-state index in [2.05, 4.69) is 20.7 Å². The monoisotopic (exact) mass is 299 g/mol. The van der Waals surface area contributed by atoms with Crippen LogP contribution in [0.5, 0.6) is 0 Å². The first kappa shape index (κ1) is 14.7. The minimum Gasteiger partial charge on any atom is -0.349 e. The molecule has 0 unspecified atom stereocenters. The Morgan fingerprint density at radius 3 is 2.86 bits per heavy atom. The molecule has 0 bridgehead atoms. The maximum absolute atomic E-state index is 12.4. The zero-order valence-electron chi connectivity index (χ0n) is 13.0. The smallest absolute Gasteiger partial charge is 0.269 e. The van der Waals surface area contributed by atoms with Crippen molar-refractivity contribution >= 4 is 5.91 Å². The molecule has 6 nitrogen and oxygen atoms in total. The molecular formula is C16H21N5O. The van der Waals surface area contributed by atoms with E-state index in [4.69, 9.17) is 0 Å². The lowest BCUT2D eigenvalue weighted by molar-refractivity contribution is 0.0908. The lowest BCUT2D eigenvalue weighted by atomic mass is 9.77. The second-order valence-corrected chi connectivity index (χ2v) is 5.85. The molecular weight excluding hydrogens is 278 g/mol. The largest absolute Gasteiger partial charge is 0.349 e. The molecule has 2 heterocycles. The van der Waals surface area contributed by atoms with E-state index >= 15 is 0 Å². The third-order valence-corrected chi connectivity index (χ3v) is 4.50. The van der Waals surface area contributed by atoms with Crippen molar-refractivity contribution in [2.75, 3.05) is 13.6 Å². The zero-order chi connectivity index (χ0) is 15.6. The van der Waals surface area contributed by atoms with E-state index < -0.39 is 0 Å². The highest BCUT2D eigenvalue weighted by molar-refractivity contribution is 5.93. The summed E-state index contributed by atoms with van der Waals surface area (Å²) in [5, 5.41) is 10.7. The van der Waals surface area contributed by atoms with Crippen molar-refractivity contribution in [2.24, 2.45) is 7.05 Å². The van der Waals surface area contributed by atoms with Gasteiger partial charge >= 0.3 is 0 Å². The Morgan fingerprint density at radius 1 is 1.45 bits per heavy atom. The molecule has 3 rings (SSSR count). The molecule has 6 heteroatoms. The number of aromatic nitrogens is 3. The topological polar surface area (TPSA) is 71.8 Å². The fraction of sp³-hybridized carbons (Fsp3) is 0.438. The number of hydrogen-bond acceptors (Lipinski definition) is 4. The molecule has 1 fully saturated rings. The number of carbonyl (C=O) groups is 1. The Morgan fingerprint density at radius 2 is 2.27 bits per heavy atom. The van der Waals surface area contributed by atoms with Gasteiger partial charge in [-0.25, -0.2) is 0 Å². The third kappa shape index (κ3) is 2.74. The molecule has 0 aliphatic heterocycles. The van der Waals surface area contributed by atoms with E-state index in [0.29, 0.717) is 12.2 Å². The summed E-state index contributed by atoms with van der Waals surface area (Å²) in [6.45, 7) is 0.649. The van der Waals surface area contributed by atoms with Crippen LogP contribution < -0.4 is 10.6 Å². The van der Waals surface area contributed by atoms with Crippen molar-refractivity contribution in [3.63, 3.8) is 0 Å². The van der Waals surface area contributed by atoms with Crippen LogP contribution >= 0.6 is 0 Å². The summed E-state index contributed by atoms with van der Waals surface area (Å²) in [5.74, 6) is -0.0911. The van der Waals surface area contributed by atoms with E-state index in [9.17, 15) is 4.79 Å². The Labute approximate surface area is 129 Å². The molecule has 2 aromatic rings. The molecule has 0 aromatic carbocycles. The fourth-order valence-corrected chi connectivity index (χ4v) is 2.79. The fourth-order valence-electron chi connectivity index (χ4n) is 2.79. The predicted molar refractivity (Wildman–Crippen MR) is 84.4 cm³/mol. The van der Waals surface area contributed by atoms with Crippen molar-refractivity contribution in [1.29, 1.82) is 0 Å². The summed E-state index contributed by atoms with van der Waals surface area (Å²) in [7, 11) is 3.74. The van der Waals surface area contributed by atoms with E-state index in [0.717, 1.165) is 24.1 Å². The van der Waals surface area contributed by atoms with E-state index in [-0.39, 0.29) is 11.4 Å². The zero-order valence-corrected chi connectivity index (χ0v) is 13.0. The summed E-state index contributed by atoms with van der Waals surface area (Å²) in [5.41, 5.74) is 2.29. The standard InChI is InChI=1S/C16H21N5O/c1-17-16(6-4-7-16)11-19-15(22)14-9-13(20-21(14)2)12-5-3-8-18-10-12/h3,5,8-10,17H,4,6-7,11H2,1-2H3,(H,19,22). The Hall–Kier alpha value is -2.21. The van der Waals surface area contributed by atoms with Crippen molar-refractivity contribution in [3.8, 4) is 11.3 Å². The second-order valence-electron chi connectivity index (χ2n) is 5.85. The van der Waals surface area contributed by atoms with Gasteiger partial charge in [-0.2, -0.15) is 5.10 Å². The predicted octanol–water partition coefficient (Wildman–Crippen LogP) is 1.35. The maximum atomic E-state index is 12.4. The highest BCUT2D eigenvalue weighted by Gasteiger charge is 2.35. The molecule has 1 saturated carbocycles. The lowest BCUT2D eigenvalue weighted by Crippen LogP contribution is -2.56. The number of aryl methyl sites for hydroxylation is 1. The van der Waals surface area contributed by atoms with Crippen LogP contribution in [0.25, 0.3) is 11.3 Å². The molecule has 2 aromatic heterocycles. The second kappa shape index (κ2) is 5.88. The van der Waals surface area contributed by atoms with Crippen molar-refractivity contribution < 1.29 is 4.79 Å². The van der Waals surface area contributed by atoms with Crippen LogP contribution in [0.4, 0.5) is 0 Å². The van der Waals surface area contributed by atoms with Gasteiger partial charge in [0.05, 0.1) is 5.69 Å². The van der Waals surface area contributed by atoms with Gasteiger partial charge < -0.3 is 10.6 Å². The van der Waals surface area contributed by atoms with Gasteiger partial charge in [-0.05, 0) is 44.5 Å². The Kier molecular flexibility index (Phi) is 3.94. The quantitative estimate of drug-likeness (QED) is 0.874. The molecule has 22 heavy (non-hydrogen) atoms. The average molecular weight is 299 g/mol. The van der Waals surface area contributed by atoms with Crippen molar-refractivity contribution in [2.45, 2.75) is 24.8 Å². The minimum absolute atomic E-state index is 0.0699. The summed E-state index contributed by atoms with van der Waals surface area (Å²) < 4.78 is 1.62. The van der Waals surface area contributed by atoms with Crippen LogP contribution in [0.3, 0.4) is 0 Å². The average Bonchev–Trinajstić information content (AvgIpc) is 2.89. The van der Waals surface area contributed by atoms with E-state index in [1.54, 1.807) is 30.2 Å². The lowest BCUT2D eigenvalue weighted by Gasteiger charge is -2.41. The molecule has 0 saturated heterocycles. The van der Waals surface area contributed by atoms with E-state index in [1.165, 1.54) is 6.42 Å². The van der Waals surface area contributed by atoms with Gasteiger partial charge in [0.15, 0.2) is 0 Å². The molecule has 1 aliphatic rings. The number of pyridine rings is 1. The molecule has 116 valence electrons. The first-order valence-electron chi connectivity index (χ1n) is 7.55. The normalized spacial score (nSPS) is 16.1. The van der Waals surface area contributed by atoms with Gasteiger partial charge in [-0.3, -0.25) is 14.5 Å². The van der Waals surface area contributed by atoms with E-state index in [1.807, 2.05) is 19.2 Å². The molecule has 1 amide bonds. The van der Waals surface area contributed by atoms with Gasteiger partial charge in [-0.1, -0.05) is 0 Å². The minimum atomic E-state index is -0.0911. The van der Waals surface area contributed by atoms with Crippen molar-refractivity contribution in [3.05, 3.63) is 36.3 Å². The highest BCUT2D eigenvalue weighted by atomic mass is 16.2. The van der Waals surface area contributed by atoms with Crippen LogP contribution in [-0.4, -0.2) is 39.8 Å². The van der Waals surface area contributed by atoms with Gasteiger partial charge in [0, 0.05) is 37.1 Å². The number of nitrogens with zero attached hydrogens (tertiary/aromatic N) is 3. The Bertz CT molecular complexity index is 655. The number of likely N-dealkylation sites (N-methyl/N-ethyl adjacent to an activating group) is 1.